The van der Waals surface area contributed by atoms with Gasteiger partial charge in [0.1, 0.15) is 17.3 Å². The zero-order chi connectivity index (χ0) is 19.2. The molecule has 0 aliphatic rings. The number of ether oxygens (including phenoxy) is 2. The summed E-state index contributed by atoms with van der Waals surface area (Å²) in [4.78, 5) is 9.10. The average Bonchev–Trinajstić information content (AvgIpc) is 2.66. The van der Waals surface area contributed by atoms with Crippen LogP contribution in [0, 0.1) is 5.82 Å². The number of benzene rings is 2. The molecule has 0 radical (unpaired) electrons. The number of halogens is 1. The molecule has 27 heavy (non-hydrogen) atoms. The van der Waals surface area contributed by atoms with E-state index < -0.39 is 0 Å². The van der Waals surface area contributed by atoms with Gasteiger partial charge in [0.05, 0.1) is 12.8 Å². The number of nitrogens with zero attached hydrogens (tertiary/aromatic N) is 2. The molecule has 3 rings (SSSR count). The van der Waals surface area contributed by atoms with E-state index in [0.717, 1.165) is 11.3 Å². The number of hydrogen-bond acceptors (Lipinski definition) is 5. The van der Waals surface area contributed by atoms with E-state index in [0.29, 0.717) is 28.3 Å². The highest BCUT2D eigenvalue weighted by molar-refractivity contribution is 7.98. The largest absolute Gasteiger partial charge is 0.497 e. The zero-order valence-corrected chi connectivity index (χ0v) is 16.3. The van der Waals surface area contributed by atoms with Crippen molar-refractivity contribution >= 4 is 11.8 Å². The second kappa shape index (κ2) is 8.86. The maximum atomic E-state index is 13.4. The number of rotatable bonds is 7. The van der Waals surface area contributed by atoms with Crippen molar-refractivity contribution < 1.29 is 13.9 Å². The Hall–Kier alpha value is -2.60. The molecule has 0 amide bonds. The molecule has 4 nitrogen and oxygen atoms in total. The summed E-state index contributed by atoms with van der Waals surface area (Å²) in [5.41, 5.74) is 1.78. The summed E-state index contributed by atoms with van der Waals surface area (Å²) in [5.74, 6) is 2.40. The van der Waals surface area contributed by atoms with Crippen LogP contribution >= 0.6 is 11.8 Å². The fourth-order valence-corrected chi connectivity index (χ4v) is 3.19. The molecular weight excluding hydrogens is 363 g/mol. The van der Waals surface area contributed by atoms with Gasteiger partial charge in [-0.15, -0.1) is 0 Å². The van der Waals surface area contributed by atoms with Crippen molar-refractivity contribution in [3.63, 3.8) is 0 Å². The Morgan fingerprint density at radius 1 is 1.00 bits per heavy atom. The first-order chi connectivity index (χ1) is 13.0. The summed E-state index contributed by atoms with van der Waals surface area (Å²) in [6, 6.07) is 15.7. The smallest absolute Gasteiger partial charge is 0.223 e. The fraction of sp³-hybridized carbons (Fsp3) is 0.238. The Morgan fingerprint density at radius 3 is 2.52 bits per heavy atom. The van der Waals surface area contributed by atoms with Gasteiger partial charge in [-0.05, 0) is 35.7 Å². The van der Waals surface area contributed by atoms with Crippen molar-refractivity contribution in [3.05, 3.63) is 71.7 Å². The van der Waals surface area contributed by atoms with Gasteiger partial charge in [-0.1, -0.05) is 43.8 Å². The lowest BCUT2D eigenvalue weighted by molar-refractivity contribution is 0.406. The Bertz CT molecular complexity index is 918. The molecule has 0 spiro atoms. The van der Waals surface area contributed by atoms with Gasteiger partial charge in [-0.25, -0.2) is 9.37 Å². The van der Waals surface area contributed by atoms with E-state index in [9.17, 15) is 4.39 Å². The molecule has 1 aromatic heterocycles. The fourth-order valence-electron chi connectivity index (χ4n) is 2.39. The van der Waals surface area contributed by atoms with E-state index in [1.165, 1.54) is 23.9 Å². The molecule has 0 unspecified atom stereocenters. The van der Waals surface area contributed by atoms with Crippen LogP contribution in [0.3, 0.4) is 0 Å². The molecule has 0 aliphatic carbocycles. The molecule has 0 bridgehead atoms. The van der Waals surface area contributed by atoms with E-state index in [-0.39, 0.29) is 11.7 Å². The van der Waals surface area contributed by atoms with E-state index in [2.05, 4.69) is 23.8 Å². The third kappa shape index (κ3) is 5.44. The van der Waals surface area contributed by atoms with Crippen molar-refractivity contribution in [3.8, 4) is 17.4 Å². The molecule has 0 saturated heterocycles. The second-order valence-corrected chi connectivity index (χ2v) is 7.21. The first-order valence-corrected chi connectivity index (χ1v) is 9.60. The van der Waals surface area contributed by atoms with E-state index in [1.54, 1.807) is 19.2 Å². The molecule has 0 aliphatic heterocycles. The minimum Gasteiger partial charge on any atom is -0.497 e. The molecule has 3 aromatic rings. The molecule has 1 heterocycles. The Kier molecular flexibility index (Phi) is 6.29. The van der Waals surface area contributed by atoms with Crippen LogP contribution in [0.5, 0.6) is 17.4 Å². The quantitative estimate of drug-likeness (QED) is 0.379. The van der Waals surface area contributed by atoms with Gasteiger partial charge in [0.25, 0.3) is 0 Å². The second-order valence-electron chi connectivity index (χ2n) is 6.27. The van der Waals surface area contributed by atoms with Gasteiger partial charge in [0.2, 0.25) is 5.88 Å². The van der Waals surface area contributed by atoms with Crippen LogP contribution in [0.1, 0.15) is 31.0 Å². The van der Waals surface area contributed by atoms with E-state index in [4.69, 9.17) is 9.47 Å². The van der Waals surface area contributed by atoms with Gasteiger partial charge in [0, 0.05) is 17.9 Å². The summed E-state index contributed by atoms with van der Waals surface area (Å²) in [7, 11) is 1.61. The van der Waals surface area contributed by atoms with Crippen molar-refractivity contribution in [2.24, 2.45) is 0 Å². The van der Waals surface area contributed by atoms with Crippen LogP contribution < -0.4 is 9.47 Å². The number of methoxy groups -OCH3 is 1. The summed E-state index contributed by atoms with van der Waals surface area (Å²) >= 11 is 1.45. The van der Waals surface area contributed by atoms with Gasteiger partial charge < -0.3 is 9.47 Å². The minimum absolute atomic E-state index is 0.231. The van der Waals surface area contributed by atoms with Gasteiger partial charge in [-0.2, -0.15) is 4.98 Å². The normalized spacial score (nSPS) is 10.9. The number of thioether (sulfide) groups is 1. The first-order valence-electron chi connectivity index (χ1n) is 8.61. The predicted molar refractivity (Wildman–Crippen MR) is 105 cm³/mol. The Morgan fingerprint density at radius 2 is 1.78 bits per heavy atom. The molecule has 0 atom stereocenters. The van der Waals surface area contributed by atoms with Gasteiger partial charge in [0.15, 0.2) is 5.16 Å². The molecule has 2 aromatic carbocycles. The predicted octanol–water partition coefficient (Wildman–Crippen LogP) is 5.83. The summed E-state index contributed by atoms with van der Waals surface area (Å²) in [6.07, 6.45) is 0. The topological polar surface area (TPSA) is 44.2 Å². The van der Waals surface area contributed by atoms with Crippen LogP contribution in [0.25, 0.3) is 0 Å². The van der Waals surface area contributed by atoms with Crippen LogP contribution in [0.4, 0.5) is 4.39 Å². The van der Waals surface area contributed by atoms with Gasteiger partial charge in [-0.3, -0.25) is 0 Å². The Labute approximate surface area is 162 Å². The van der Waals surface area contributed by atoms with Crippen LogP contribution in [0.2, 0.25) is 0 Å². The maximum Gasteiger partial charge on any atom is 0.223 e. The van der Waals surface area contributed by atoms with E-state index >= 15 is 0 Å². The number of hydrogen-bond donors (Lipinski definition) is 0. The van der Waals surface area contributed by atoms with Crippen molar-refractivity contribution in [2.45, 2.75) is 30.7 Å². The Balaban J connectivity index is 1.81. The number of aromatic nitrogens is 2. The molecule has 140 valence electrons. The lowest BCUT2D eigenvalue weighted by atomic mass is 10.1. The maximum absolute atomic E-state index is 13.4. The molecule has 0 fully saturated rings. The highest BCUT2D eigenvalue weighted by Gasteiger charge is 2.11. The molecule has 6 heteroatoms. The minimum atomic E-state index is -0.244. The standard InChI is InChI=1S/C21H21FN2O2S/c1-14(2)19-12-20(26-18-9-5-8-17(11-18)25-3)24-21(23-19)27-13-15-6-4-7-16(22)10-15/h4-12,14H,13H2,1-3H3. The summed E-state index contributed by atoms with van der Waals surface area (Å²) < 4.78 is 24.5. The van der Waals surface area contributed by atoms with Crippen LogP contribution in [-0.4, -0.2) is 17.1 Å². The van der Waals surface area contributed by atoms with Crippen molar-refractivity contribution in [1.82, 2.24) is 9.97 Å². The lowest BCUT2D eigenvalue weighted by Gasteiger charge is -2.11. The molecule has 0 saturated carbocycles. The highest BCUT2D eigenvalue weighted by atomic mass is 32.2. The average molecular weight is 384 g/mol. The van der Waals surface area contributed by atoms with Crippen LogP contribution in [0.15, 0.2) is 59.8 Å². The van der Waals surface area contributed by atoms with E-state index in [1.807, 2.05) is 30.3 Å². The SMILES string of the molecule is COc1cccc(Oc2cc(C(C)C)nc(SCc3cccc(F)c3)n2)c1. The first kappa shape index (κ1) is 19.2. The van der Waals surface area contributed by atoms with Crippen molar-refractivity contribution in [2.75, 3.05) is 7.11 Å². The lowest BCUT2D eigenvalue weighted by Crippen LogP contribution is -2.00. The van der Waals surface area contributed by atoms with Crippen LogP contribution in [-0.2, 0) is 5.75 Å². The third-order valence-electron chi connectivity index (χ3n) is 3.81. The van der Waals surface area contributed by atoms with Gasteiger partial charge >= 0.3 is 0 Å². The monoisotopic (exact) mass is 384 g/mol. The van der Waals surface area contributed by atoms with Crippen molar-refractivity contribution in [1.29, 1.82) is 0 Å². The highest BCUT2D eigenvalue weighted by Crippen LogP contribution is 2.29. The summed E-state index contributed by atoms with van der Waals surface area (Å²) in [6.45, 7) is 4.14. The zero-order valence-electron chi connectivity index (χ0n) is 15.5. The summed E-state index contributed by atoms with van der Waals surface area (Å²) in [5, 5.41) is 0.600. The third-order valence-corrected chi connectivity index (χ3v) is 4.73. The molecule has 0 N–H and O–H groups in total. The molecular formula is C21H21FN2O2S.